The molecule has 1 aromatic heterocycles. The summed E-state index contributed by atoms with van der Waals surface area (Å²) in [4.78, 5) is 12.7. The van der Waals surface area contributed by atoms with E-state index >= 15 is 0 Å². The number of hydrogen-bond donors (Lipinski definition) is 0. The minimum Gasteiger partial charge on any atom is -0.496 e. The maximum Gasteiger partial charge on any atom is 0.177 e. The zero-order valence-corrected chi connectivity index (χ0v) is 11.7. The van der Waals surface area contributed by atoms with Crippen molar-refractivity contribution in [2.75, 3.05) is 7.11 Å². The summed E-state index contributed by atoms with van der Waals surface area (Å²) in [6.45, 7) is 0. The summed E-state index contributed by atoms with van der Waals surface area (Å²) in [6.07, 6.45) is 0.420. The lowest BCUT2D eigenvalue weighted by atomic mass is 10.1. The van der Waals surface area contributed by atoms with Gasteiger partial charge in [-0.3, -0.25) is 4.79 Å². The van der Waals surface area contributed by atoms with Gasteiger partial charge in [0.2, 0.25) is 0 Å². The number of thiophene rings is 1. The Bertz CT molecular complexity index is 534. The van der Waals surface area contributed by atoms with Crippen LogP contribution in [0.15, 0.2) is 40.2 Å². The fourth-order valence-corrected chi connectivity index (χ4v) is 2.73. The van der Waals surface area contributed by atoms with Crippen LogP contribution in [-0.2, 0) is 6.42 Å². The van der Waals surface area contributed by atoms with Crippen LogP contribution in [0.5, 0.6) is 5.75 Å². The first-order chi connectivity index (χ1) is 8.19. The number of methoxy groups -OCH3 is 1. The maximum absolute atomic E-state index is 12.0. The zero-order valence-electron chi connectivity index (χ0n) is 9.27. The number of ketones is 1. The number of carbonyl (C=O) groups excluding carboxylic acids is 1. The average Bonchev–Trinajstić information content (AvgIpc) is 2.77. The Hall–Kier alpha value is -1.13. The summed E-state index contributed by atoms with van der Waals surface area (Å²) in [5.74, 6) is 0.865. The predicted octanol–water partition coefficient (Wildman–Crippen LogP) is 3.94. The minimum atomic E-state index is 0.122. The van der Waals surface area contributed by atoms with E-state index in [9.17, 15) is 4.79 Å². The third kappa shape index (κ3) is 3.17. The normalized spacial score (nSPS) is 10.2. The monoisotopic (exact) mass is 310 g/mol. The molecule has 0 saturated heterocycles. The Morgan fingerprint density at radius 3 is 2.88 bits per heavy atom. The molecule has 2 rings (SSSR count). The SMILES string of the molecule is COc1csc(C(=O)Cc2cccc(Br)c2)c1. The maximum atomic E-state index is 12.0. The number of carbonyl (C=O) groups is 1. The fourth-order valence-electron chi connectivity index (χ4n) is 1.49. The highest BCUT2D eigenvalue weighted by molar-refractivity contribution is 9.10. The topological polar surface area (TPSA) is 26.3 Å². The summed E-state index contributed by atoms with van der Waals surface area (Å²) in [6, 6.07) is 9.57. The van der Waals surface area contributed by atoms with E-state index in [0.29, 0.717) is 6.42 Å². The Labute approximate surface area is 112 Å². The van der Waals surface area contributed by atoms with Crippen LogP contribution in [0.4, 0.5) is 0 Å². The molecular weight excluding hydrogens is 300 g/mol. The van der Waals surface area contributed by atoms with Gasteiger partial charge in [0.25, 0.3) is 0 Å². The average molecular weight is 311 g/mol. The molecule has 0 atom stereocenters. The Morgan fingerprint density at radius 1 is 1.41 bits per heavy atom. The molecule has 4 heteroatoms. The molecule has 0 fully saturated rings. The van der Waals surface area contributed by atoms with E-state index in [0.717, 1.165) is 20.7 Å². The third-order valence-corrected chi connectivity index (χ3v) is 3.78. The van der Waals surface area contributed by atoms with Crippen LogP contribution in [0, 0.1) is 0 Å². The smallest absolute Gasteiger partial charge is 0.177 e. The number of halogens is 1. The molecule has 0 radical (unpaired) electrons. The van der Waals surface area contributed by atoms with E-state index in [-0.39, 0.29) is 5.78 Å². The first-order valence-electron chi connectivity index (χ1n) is 5.09. The molecule has 1 heterocycles. The number of rotatable bonds is 4. The highest BCUT2D eigenvalue weighted by atomic mass is 79.9. The number of benzene rings is 1. The van der Waals surface area contributed by atoms with Crippen LogP contribution in [-0.4, -0.2) is 12.9 Å². The van der Waals surface area contributed by atoms with Crippen molar-refractivity contribution in [3.8, 4) is 5.75 Å². The van der Waals surface area contributed by atoms with Crippen molar-refractivity contribution in [3.63, 3.8) is 0 Å². The van der Waals surface area contributed by atoms with Crippen molar-refractivity contribution in [2.24, 2.45) is 0 Å². The molecular formula is C13H11BrO2S. The van der Waals surface area contributed by atoms with Gasteiger partial charge in [-0.05, 0) is 17.7 Å². The second-order valence-electron chi connectivity index (χ2n) is 3.58. The molecule has 0 spiro atoms. The van der Waals surface area contributed by atoms with Gasteiger partial charge in [0.05, 0.1) is 12.0 Å². The molecule has 2 nitrogen and oxygen atoms in total. The van der Waals surface area contributed by atoms with E-state index in [1.54, 1.807) is 13.2 Å². The molecule has 17 heavy (non-hydrogen) atoms. The Morgan fingerprint density at radius 2 is 2.24 bits per heavy atom. The number of Topliss-reactive ketones (excluding diaryl/α,β-unsaturated/α-hetero) is 1. The molecule has 0 amide bonds. The van der Waals surface area contributed by atoms with Crippen molar-refractivity contribution < 1.29 is 9.53 Å². The molecule has 0 aliphatic heterocycles. The molecule has 0 unspecified atom stereocenters. The van der Waals surface area contributed by atoms with E-state index in [1.807, 2.05) is 29.6 Å². The molecule has 0 aliphatic rings. The molecule has 88 valence electrons. The Balaban J connectivity index is 2.11. The predicted molar refractivity (Wildman–Crippen MR) is 73.0 cm³/mol. The second-order valence-corrected chi connectivity index (χ2v) is 5.41. The van der Waals surface area contributed by atoms with Crippen molar-refractivity contribution in [3.05, 3.63) is 50.6 Å². The van der Waals surface area contributed by atoms with E-state index in [4.69, 9.17) is 4.74 Å². The quantitative estimate of drug-likeness (QED) is 0.799. The summed E-state index contributed by atoms with van der Waals surface area (Å²) in [5.41, 5.74) is 1.01. The molecule has 0 N–H and O–H groups in total. The Kier molecular flexibility index (Phi) is 3.97. The van der Waals surface area contributed by atoms with Gasteiger partial charge in [-0.15, -0.1) is 11.3 Å². The van der Waals surface area contributed by atoms with Crippen molar-refractivity contribution in [1.29, 1.82) is 0 Å². The van der Waals surface area contributed by atoms with Crippen LogP contribution in [0.3, 0.4) is 0 Å². The molecule has 0 saturated carbocycles. The highest BCUT2D eigenvalue weighted by Crippen LogP contribution is 2.23. The molecule has 0 bridgehead atoms. The van der Waals surface area contributed by atoms with Gasteiger partial charge in [-0.2, -0.15) is 0 Å². The van der Waals surface area contributed by atoms with E-state index < -0.39 is 0 Å². The summed E-state index contributed by atoms with van der Waals surface area (Å²) in [7, 11) is 1.60. The van der Waals surface area contributed by atoms with Crippen molar-refractivity contribution in [2.45, 2.75) is 6.42 Å². The van der Waals surface area contributed by atoms with Crippen LogP contribution in [0.2, 0.25) is 0 Å². The largest absolute Gasteiger partial charge is 0.496 e. The van der Waals surface area contributed by atoms with Crippen LogP contribution in [0.1, 0.15) is 15.2 Å². The van der Waals surface area contributed by atoms with Gasteiger partial charge < -0.3 is 4.74 Å². The van der Waals surface area contributed by atoms with Gasteiger partial charge in [-0.1, -0.05) is 28.1 Å². The standard InChI is InChI=1S/C13H11BrO2S/c1-16-11-7-13(17-8-11)12(15)6-9-3-2-4-10(14)5-9/h2-5,7-8H,6H2,1H3. The first kappa shape index (κ1) is 12.3. The van der Waals surface area contributed by atoms with Gasteiger partial charge >= 0.3 is 0 Å². The first-order valence-corrected chi connectivity index (χ1v) is 6.76. The van der Waals surface area contributed by atoms with Crippen LogP contribution >= 0.6 is 27.3 Å². The zero-order chi connectivity index (χ0) is 12.3. The molecule has 1 aromatic carbocycles. The van der Waals surface area contributed by atoms with E-state index in [1.165, 1.54) is 11.3 Å². The van der Waals surface area contributed by atoms with Crippen molar-refractivity contribution in [1.82, 2.24) is 0 Å². The van der Waals surface area contributed by atoms with Gasteiger partial charge in [-0.25, -0.2) is 0 Å². The number of ether oxygens (including phenoxy) is 1. The third-order valence-electron chi connectivity index (χ3n) is 2.34. The lowest BCUT2D eigenvalue weighted by Gasteiger charge is -1.99. The lowest BCUT2D eigenvalue weighted by molar-refractivity contribution is 0.0996. The summed E-state index contributed by atoms with van der Waals surface area (Å²) < 4.78 is 6.06. The minimum absolute atomic E-state index is 0.122. The number of hydrogen-bond acceptors (Lipinski definition) is 3. The molecule has 2 aromatic rings. The van der Waals surface area contributed by atoms with Gasteiger partial charge in [0.15, 0.2) is 5.78 Å². The summed E-state index contributed by atoms with van der Waals surface area (Å²) in [5, 5.41) is 1.84. The van der Waals surface area contributed by atoms with E-state index in [2.05, 4.69) is 15.9 Å². The highest BCUT2D eigenvalue weighted by Gasteiger charge is 2.10. The second kappa shape index (κ2) is 5.47. The van der Waals surface area contributed by atoms with Gasteiger partial charge in [0, 0.05) is 22.3 Å². The summed E-state index contributed by atoms with van der Waals surface area (Å²) >= 11 is 4.81. The van der Waals surface area contributed by atoms with Crippen LogP contribution < -0.4 is 4.74 Å². The fraction of sp³-hybridized carbons (Fsp3) is 0.154. The molecule has 0 aliphatic carbocycles. The lowest BCUT2D eigenvalue weighted by Crippen LogP contribution is -2.00. The van der Waals surface area contributed by atoms with Gasteiger partial charge in [0.1, 0.15) is 5.75 Å². The van der Waals surface area contributed by atoms with Crippen LogP contribution in [0.25, 0.3) is 0 Å². The van der Waals surface area contributed by atoms with Crippen molar-refractivity contribution >= 4 is 33.0 Å².